The Morgan fingerprint density at radius 1 is 1.09 bits per heavy atom. The van der Waals surface area contributed by atoms with Crippen LogP contribution in [-0.4, -0.2) is 22.8 Å². The highest BCUT2D eigenvalue weighted by atomic mass is 79.9. The van der Waals surface area contributed by atoms with Gasteiger partial charge in [-0.3, -0.25) is 25.0 Å². The van der Waals surface area contributed by atoms with Crippen LogP contribution < -0.4 is 10.2 Å². The third-order valence-electron chi connectivity index (χ3n) is 4.77. The van der Waals surface area contributed by atoms with E-state index in [1.54, 1.807) is 49.4 Å². The topological polar surface area (TPSA) is 123 Å². The van der Waals surface area contributed by atoms with E-state index in [0.29, 0.717) is 27.0 Å². The molecule has 0 aliphatic carbocycles. The summed E-state index contributed by atoms with van der Waals surface area (Å²) in [5, 5.41) is 13.1. The largest absolute Gasteiger partial charge is 0.457 e. The van der Waals surface area contributed by atoms with Gasteiger partial charge in [0, 0.05) is 22.2 Å². The van der Waals surface area contributed by atoms with Crippen LogP contribution in [0.25, 0.3) is 17.4 Å². The first-order chi connectivity index (χ1) is 15.2. The Balaban J connectivity index is 1.67. The number of urea groups is 1. The second-order valence-electron chi connectivity index (χ2n) is 6.90. The third-order valence-corrected chi connectivity index (χ3v) is 5.26. The summed E-state index contributed by atoms with van der Waals surface area (Å²) in [4.78, 5) is 48.9. The molecule has 2 heterocycles. The van der Waals surface area contributed by atoms with Crippen LogP contribution >= 0.6 is 15.9 Å². The fourth-order valence-electron chi connectivity index (χ4n) is 3.26. The summed E-state index contributed by atoms with van der Waals surface area (Å²) in [6.45, 7) is 1.71. The van der Waals surface area contributed by atoms with E-state index in [1.165, 1.54) is 18.2 Å². The van der Waals surface area contributed by atoms with Crippen molar-refractivity contribution in [1.29, 1.82) is 0 Å². The van der Waals surface area contributed by atoms with Crippen LogP contribution in [0.1, 0.15) is 11.3 Å². The molecule has 160 valence electrons. The fourth-order valence-corrected chi connectivity index (χ4v) is 3.65. The summed E-state index contributed by atoms with van der Waals surface area (Å²) >= 11 is 3.29. The number of imide groups is 2. The van der Waals surface area contributed by atoms with Crippen molar-refractivity contribution in [2.75, 3.05) is 4.90 Å². The molecule has 1 saturated heterocycles. The molecular formula is C22H14BrN3O6. The smallest absolute Gasteiger partial charge is 0.335 e. The third kappa shape index (κ3) is 3.95. The molecular weight excluding hydrogens is 482 g/mol. The number of nitro benzene ring substituents is 1. The molecule has 0 radical (unpaired) electrons. The average molecular weight is 496 g/mol. The zero-order chi connectivity index (χ0) is 23.0. The van der Waals surface area contributed by atoms with Crippen molar-refractivity contribution < 1.29 is 23.7 Å². The lowest BCUT2D eigenvalue weighted by molar-refractivity contribution is -0.384. The van der Waals surface area contributed by atoms with E-state index < -0.39 is 22.8 Å². The van der Waals surface area contributed by atoms with Crippen molar-refractivity contribution >= 4 is 51.2 Å². The molecule has 1 aromatic heterocycles. The summed E-state index contributed by atoms with van der Waals surface area (Å²) in [7, 11) is 0. The minimum Gasteiger partial charge on any atom is -0.457 e. The van der Waals surface area contributed by atoms with Gasteiger partial charge in [0.2, 0.25) is 0 Å². The molecule has 4 amide bonds. The second-order valence-corrected chi connectivity index (χ2v) is 7.81. The lowest BCUT2D eigenvalue weighted by atomic mass is 10.1. The summed E-state index contributed by atoms with van der Waals surface area (Å²) in [6, 6.07) is 13.2. The number of benzene rings is 2. The van der Waals surface area contributed by atoms with Gasteiger partial charge in [-0.2, -0.15) is 0 Å². The number of furan rings is 1. The number of carbonyl (C=O) groups is 3. The predicted octanol–water partition coefficient (Wildman–Crippen LogP) is 4.59. The monoisotopic (exact) mass is 495 g/mol. The summed E-state index contributed by atoms with van der Waals surface area (Å²) < 4.78 is 6.41. The molecule has 0 atom stereocenters. The van der Waals surface area contributed by atoms with Crippen LogP contribution in [0.3, 0.4) is 0 Å². The number of hydrogen-bond donors (Lipinski definition) is 1. The molecule has 0 bridgehead atoms. The second kappa shape index (κ2) is 8.23. The molecule has 9 nitrogen and oxygen atoms in total. The molecule has 0 saturated carbocycles. The summed E-state index contributed by atoms with van der Waals surface area (Å²) in [5.74, 6) is -1.01. The van der Waals surface area contributed by atoms with Crippen molar-refractivity contribution in [3.05, 3.63) is 86.1 Å². The number of nitrogens with zero attached hydrogens (tertiary/aromatic N) is 2. The summed E-state index contributed by atoms with van der Waals surface area (Å²) in [5.41, 5.74) is 1.24. The van der Waals surface area contributed by atoms with E-state index >= 15 is 0 Å². The molecule has 1 fully saturated rings. The van der Waals surface area contributed by atoms with Crippen LogP contribution in [0.4, 0.5) is 16.2 Å². The quantitative estimate of drug-likeness (QED) is 0.244. The number of nitro groups is 1. The molecule has 1 aliphatic heterocycles. The number of anilines is 1. The lowest BCUT2D eigenvalue weighted by Crippen LogP contribution is -2.54. The zero-order valence-electron chi connectivity index (χ0n) is 16.5. The maximum Gasteiger partial charge on any atom is 0.335 e. The van der Waals surface area contributed by atoms with Crippen LogP contribution in [0, 0.1) is 17.0 Å². The molecule has 0 unspecified atom stereocenters. The standard InChI is InChI=1S/C22H14BrN3O6/c1-12-9-15(26(30)31)5-7-17(12)19-8-6-16(32-19)11-18-20(27)24-22(29)25(21(18)28)14-4-2-3-13(23)10-14/h2-11H,1H3,(H,24,27,29)/b18-11-. The van der Waals surface area contributed by atoms with Crippen molar-refractivity contribution in [2.45, 2.75) is 6.92 Å². The maximum atomic E-state index is 12.9. The number of aryl methyl sites for hydroxylation is 1. The highest BCUT2D eigenvalue weighted by Crippen LogP contribution is 2.30. The molecule has 10 heteroatoms. The number of non-ortho nitro benzene ring substituents is 1. The molecule has 32 heavy (non-hydrogen) atoms. The van der Waals surface area contributed by atoms with Gasteiger partial charge in [0.15, 0.2) is 0 Å². The van der Waals surface area contributed by atoms with E-state index in [4.69, 9.17) is 4.42 Å². The van der Waals surface area contributed by atoms with Crippen LogP contribution in [0.2, 0.25) is 0 Å². The van der Waals surface area contributed by atoms with Crippen molar-refractivity contribution in [1.82, 2.24) is 5.32 Å². The highest BCUT2D eigenvalue weighted by Gasteiger charge is 2.37. The van der Waals surface area contributed by atoms with E-state index in [0.717, 1.165) is 4.90 Å². The van der Waals surface area contributed by atoms with Crippen molar-refractivity contribution in [3.8, 4) is 11.3 Å². The molecule has 4 rings (SSSR count). The van der Waals surface area contributed by atoms with E-state index in [9.17, 15) is 24.5 Å². The number of carbonyl (C=O) groups excluding carboxylic acids is 3. The number of rotatable bonds is 4. The first kappa shape index (κ1) is 21.2. The maximum absolute atomic E-state index is 12.9. The SMILES string of the molecule is Cc1cc([N+](=O)[O-])ccc1-c1ccc(/C=C2/C(=O)NC(=O)N(c3cccc(Br)c3)C2=O)o1. The molecule has 2 aromatic carbocycles. The molecule has 3 aromatic rings. The lowest BCUT2D eigenvalue weighted by Gasteiger charge is -2.26. The van der Waals surface area contributed by atoms with Gasteiger partial charge in [-0.25, -0.2) is 9.69 Å². The zero-order valence-corrected chi connectivity index (χ0v) is 18.1. The number of hydrogen-bond acceptors (Lipinski definition) is 6. The van der Waals surface area contributed by atoms with Crippen LogP contribution in [-0.2, 0) is 9.59 Å². The normalized spacial score (nSPS) is 15.2. The Kier molecular flexibility index (Phi) is 5.45. The minimum absolute atomic E-state index is 0.0399. The molecule has 0 spiro atoms. The number of nitrogens with one attached hydrogen (secondary N) is 1. The van der Waals surface area contributed by atoms with Crippen molar-refractivity contribution in [3.63, 3.8) is 0 Å². The fraction of sp³-hybridized carbons (Fsp3) is 0.0455. The highest BCUT2D eigenvalue weighted by molar-refractivity contribution is 9.10. The Morgan fingerprint density at radius 2 is 1.88 bits per heavy atom. The van der Waals surface area contributed by atoms with E-state index in [-0.39, 0.29) is 17.0 Å². The Bertz CT molecular complexity index is 1330. The van der Waals surface area contributed by atoms with Gasteiger partial charge >= 0.3 is 6.03 Å². The number of halogens is 1. The van der Waals surface area contributed by atoms with Crippen LogP contribution in [0.5, 0.6) is 0 Å². The van der Waals surface area contributed by atoms with E-state index in [1.807, 2.05) is 0 Å². The molecule has 1 N–H and O–H groups in total. The first-order valence-corrected chi connectivity index (χ1v) is 10.1. The van der Waals surface area contributed by atoms with Crippen LogP contribution in [0.15, 0.2) is 69.1 Å². The Morgan fingerprint density at radius 3 is 2.56 bits per heavy atom. The van der Waals surface area contributed by atoms with Gasteiger partial charge in [-0.1, -0.05) is 22.0 Å². The molecule has 1 aliphatic rings. The number of amides is 4. The Hall–Kier alpha value is -4.05. The first-order valence-electron chi connectivity index (χ1n) is 9.27. The van der Waals surface area contributed by atoms with Crippen molar-refractivity contribution in [2.24, 2.45) is 0 Å². The number of barbiturate groups is 1. The van der Waals surface area contributed by atoms with Gasteiger partial charge in [-0.05, 0) is 55.0 Å². The van der Waals surface area contributed by atoms with Gasteiger partial charge in [-0.15, -0.1) is 0 Å². The van der Waals surface area contributed by atoms with E-state index in [2.05, 4.69) is 21.2 Å². The van der Waals surface area contributed by atoms with Gasteiger partial charge < -0.3 is 4.42 Å². The van der Waals surface area contributed by atoms with Gasteiger partial charge in [0.25, 0.3) is 17.5 Å². The predicted molar refractivity (Wildman–Crippen MR) is 119 cm³/mol. The average Bonchev–Trinajstić information content (AvgIpc) is 3.19. The summed E-state index contributed by atoms with van der Waals surface area (Å²) in [6.07, 6.45) is 1.25. The van der Waals surface area contributed by atoms with Gasteiger partial charge in [0.05, 0.1) is 10.6 Å². The minimum atomic E-state index is -0.850. The van der Waals surface area contributed by atoms with Gasteiger partial charge in [0.1, 0.15) is 17.1 Å². The Labute approximate surface area is 189 Å².